The van der Waals surface area contributed by atoms with E-state index in [1.807, 2.05) is 32.2 Å². The predicted octanol–water partition coefficient (Wildman–Crippen LogP) is 2.96. The molecule has 2 rings (SSSR count). The molecule has 0 radical (unpaired) electrons. The zero-order valence-electron chi connectivity index (χ0n) is 14.5. The average Bonchev–Trinajstić information content (AvgIpc) is 2.94. The van der Waals surface area contributed by atoms with E-state index in [4.69, 9.17) is 5.11 Å². The van der Waals surface area contributed by atoms with E-state index < -0.39 is 0 Å². The van der Waals surface area contributed by atoms with Gasteiger partial charge in [0.25, 0.3) is 0 Å². The minimum absolute atomic E-state index is 0.0325. The largest absolute Gasteiger partial charge is 0.395 e. The molecule has 0 atom stereocenters. The van der Waals surface area contributed by atoms with Crippen LogP contribution in [-0.2, 0) is 6.42 Å². The Morgan fingerprint density at radius 3 is 2.88 bits per heavy atom. The van der Waals surface area contributed by atoms with Crippen molar-refractivity contribution < 1.29 is 5.11 Å². The lowest BCUT2D eigenvalue weighted by Crippen LogP contribution is -2.19. The highest BCUT2D eigenvalue weighted by atomic mass is 16.3. The van der Waals surface area contributed by atoms with Crippen LogP contribution in [0.1, 0.15) is 26.5 Å². The number of aliphatic hydroxyl groups excluding tert-OH is 1. The molecule has 0 amide bonds. The van der Waals surface area contributed by atoms with Gasteiger partial charge in [-0.05, 0) is 32.4 Å². The number of pyridine rings is 1. The number of aliphatic imine (C=N–C) groups is 1. The third-order valence-electron chi connectivity index (χ3n) is 3.32. The number of aromatic nitrogens is 2. The van der Waals surface area contributed by atoms with E-state index in [9.17, 15) is 0 Å². The second kappa shape index (κ2) is 8.31. The van der Waals surface area contributed by atoms with Crippen molar-refractivity contribution in [3.05, 3.63) is 48.1 Å². The summed E-state index contributed by atoms with van der Waals surface area (Å²) in [7, 11) is 0. The van der Waals surface area contributed by atoms with E-state index in [0.717, 1.165) is 22.9 Å². The Hall–Kier alpha value is -2.60. The van der Waals surface area contributed by atoms with Crippen LogP contribution in [0.15, 0.2) is 47.4 Å². The van der Waals surface area contributed by atoms with Crippen molar-refractivity contribution in [2.24, 2.45) is 4.99 Å². The van der Waals surface area contributed by atoms with Crippen molar-refractivity contribution >= 4 is 22.6 Å². The van der Waals surface area contributed by atoms with Gasteiger partial charge in [-0.1, -0.05) is 19.1 Å². The highest BCUT2D eigenvalue weighted by Gasteiger charge is 2.04. The number of aliphatic hydroxyl groups is 1. The van der Waals surface area contributed by atoms with Crippen LogP contribution in [-0.4, -0.2) is 34.1 Å². The van der Waals surface area contributed by atoms with Gasteiger partial charge >= 0.3 is 0 Å². The summed E-state index contributed by atoms with van der Waals surface area (Å²) < 4.78 is 0. The minimum atomic E-state index is 0.0325. The number of H-pyrrole nitrogens is 1. The van der Waals surface area contributed by atoms with Gasteiger partial charge < -0.3 is 20.7 Å². The first kappa shape index (κ1) is 17.7. The van der Waals surface area contributed by atoms with Crippen molar-refractivity contribution in [3.63, 3.8) is 0 Å². The molecule has 2 aromatic rings. The Labute approximate surface area is 142 Å². The first-order valence-electron chi connectivity index (χ1n) is 8.03. The first-order valence-corrected chi connectivity index (χ1v) is 8.03. The molecule has 0 aliphatic rings. The van der Waals surface area contributed by atoms with Crippen molar-refractivity contribution in [3.8, 4) is 0 Å². The maximum absolute atomic E-state index is 8.86. The molecule has 0 fully saturated rings. The molecular weight excluding hydrogens is 302 g/mol. The van der Waals surface area contributed by atoms with Crippen LogP contribution in [0.5, 0.6) is 0 Å². The van der Waals surface area contributed by atoms with Crippen molar-refractivity contribution in [2.75, 3.05) is 18.5 Å². The predicted molar refractivity (Wildman–Crippen MR) is 100 cm³/mol. The van der Waals surface area contributed by atoms with Gasteiger partial charge in [0, 0.05) is 29.9 Å². The van der Waals surface area contributed by atoms with E-state index >= 15 is 0 Å². The van der Waals surface area contributed by atoms with E-state index in [-0.39, 0.29) is 6.61 Å². The number of hydrogen-bond acceptors (Lipinski definition) is 4. The quantitative estimate of drug-likeness (QED) is 0.465. The Bertz CT molecular complexity index is 769. The second-order valence-electron chi connectivity index (χ2n) is 5.75. The first-order chi connectivity index (χ1) is 11.5. The van der Waals surface area contributed by atoms with Crippen LogP contribution in [0.4, 0.5) is 5.82 Å². The van der Waals surface area contributed by atoms with E-state index in [0.29, 0.717) is 24.0 Å². The number of amidine groups is 1. The van der Waals surface area contributed by atoms with Crippen LogP contribution in [0, 0.1) is 0 Å². The number of allylic oxidation sites excluding steroid dienone is 1. The molecule has 0 aromatic carbocycles. The van der Waals surface area contributed by atoms with E-state index in [1.54, 1.807) is 0 Å². The summed E-state index contributed by atoms with van der Waals surface area (Å²) in [5.41, 5.74) is 3.33. The maximum Gasteiger partial charge on any atom is 0.133 e. The number of nitrogens with zero attached hydrogens (tertiary/aromatic N) is 2. The molecule has 0 bridgehead atoms. The van der Waals surface area contributed by atoms with E-state index in [1.165, 1.54) is 5.69 Å². The molecule has 2 aromatic heterocycles. The van der Waals surface area contributed by atoms with Crippen LogP contribution >= 0.6 is 0 Å². The highest BCUT2D eigenvalue weighted by Crippen LogP contribution is 2.18. The number of nitrogens with one attached hydrogen (secondary N) is 3. The normalized spacial score (nSPS) is 11.4. The fourth-order valence-corrected chi connectivity index (χ4v) is 2.23. The molecule has 0 spiro atoms. The molecule has 0 aliphatic heterocycles. The summed E-state index contributed by atoms with van der Waals surface area (Å²) in [5, 5.41) is 16.1. The Balaban J connectivity index is 2.23. The summed E-state index contributed by atoms with van der Waals surface area (Å²) in [4.78, 5) is 12.2. The second-order valence-corrected chi connectivity index (χ2v) is 5.75. The zero-order chi connectivity index (χ0) is 17.5. The Morgan fingerprint density at radius 2 is 2.21 bits per heavy atom. The summed E-state index contributed by atoms with van der Waals surface area (Å²) in [6.07, 6.45) is 4.72. The summed E-state index contributed by atoms with van der Waals surface area (Å²) in [6, 6.07) is 4.07. The number of rotatable bonds is 7. The highest BCUT2D eigenvalue weighted by molar-refractivity contribution is 6.04. The number of anilines is 1. The Kier molecular flexibility index (Phi) is 6.14. The van der Waals surface area contributed by atoms with Gasteiger partial charge in [0.15, 0.2) is 0 Å². The molecule has 0 unspecified atom stereocenters. The van der Waals surface area contributed by atoms with Gasteiger partial charge in [-0.3, -0.25) is 0 Å². The third-order valence-corrected chi connectivity index (χ3v) is 3.32. The van der Waals surface area contributed by atoms with Gasteiger partial charge in [-0.25, -0.2) is 9.98 Å². The molecule has 0 saturated heterocycles. The number of fused-ring (bicyclic) bond motifs is 1. The molecule has 24 heavy (non-hydrogen) atoms. The average molecular weight is 327 g/mol. The standard InChI is InChI=1S/C18H25N5O/c1-5-15-9-14-11-20-17(10-16(14)22-15)23-18(8-12(2)3)21-13(4)19-6-7-24/h8-11,19,22,24H,4-7H2,1-3H3,(H,20,21,23). The van der Waals surface area contributed by atoms with Crippen LogP contribution in [0.3, 0.4) is 0 Å². The fraction of sp³-hybridized carbons (Fsp3) is 0.333. The molecule has 2 heterocycles. The van der Waals surface area contributed by atoms with Crippen molar-refractivity contribution in [1.82, 2.24) is 15.3 Å². The topological polar surface area (TPSA) is 85.3 Å². The molecule has 0 saturated carbocycles. The van der Waals surface area contributed by atoms with Crippen LogP contribution in [0.2, 0.25) is 0 Å². The number of hydrogen-bond donors (Lipinski definition) is 4. The molecular formula is C18H25N5O. The van der Waals surface area contributed by atoms with Gasteiger partial charge in [0.1, 0.15) is 17.5 Å². The summed E-state index contributed by atoms with van der Waals surface area (Å²) in [5.74, 6) is 1.83. The van der Waals surface area contributed by atoms with Gasteiger partial charge in [-0.2, -0.15) is 0 Å². The maximum atomic E-state index is 8.86. The molecule has 6 heteroatoms. The van der Waals surface area contributed by atoms with Crippen LogP contribution in [0.25, 0.3) is 10.9 Å². The Morgan fingerprint density at radius 1 is 1.42 bits per heavy atom. The van der Waals surface area contributed by atoms with E-state index in [2.05, 4.69) is 45.2 Å². The molecule has 128 valence electrons. The van der Waals surface area contributed by atoms with Crippen LogP contribution < -0.4 is 10.6 Å². The van der Waals surface area contributed by atoms with Gasteiger partial charge in [-0.15, -0.1) is 0 Å². The summed E-state index contributed by atoms with van der Waals surface area (Å²) in [6.45, 7) is 10.4. The monoisotopic (exact) mass is 327 g/mol. The van der Waals surface area contributed by atoms with Crippen molar-refractivity contribution in [1.29, 1.82) is 0 Å². The fourth-order valence-electron chi connectivity index (χ4n) is 2.23. The number of aryl methyl sites for hydroxylation is 1. The lowest BCUT2D eigenvalue weighted by molar-refractivity contribution is 0.297. The van der Waals surface area contributed by atoms with Gasteiger partial charge in [0.05, 0.1) is 12.1 Å². The zero-order valence-corrected chi connectivity index (χ0v) is 14.5. The lowest BCUT2D eigenvalue weighted by atomic mass is 10.3. The SMILES string of the molecule is C=C(/N=C(\C=C(C)C)Nc1cc2[nH]c(CC)cc2cn1)NCCO. The lowest BCUT2D eigenvalue weighted by Gasteiger charge is -2.09. The van der Waals surface area contributed by atoms with Gasteiger partial charge in [0.2, 0.25) is 0 Å². The minimum Gasteiger partial charge on any atom is -0.395 e. The molecule has 4 N–H and O–H groups in total. The smallest absolute Gasteiger partial charge is 0.133 e. The summed E-state index contributed by atoms with van der Waals surface area (Å²) >= 11 is 0. The third kappa shape index (κ3) is 4.96. The number of aromatic amines is 1. The molecule has 0 aliphatic carbocycles. The van der Waals surface area contributed by atoms with Crippen molar-refractivity contribution in [2.45, 2.75) is 27.2 Å². The molecule has 6 nitrogen and oxygen atoms in total.